The predicted octanol–water partition coefficient (Wildman–Crippen LogP) is 1.92. The lowest BCUT2D eigenvalue weighted by molar-refractivity contribution is 0.136. The second kappa shape index (κ2) is 5.98. The highest BCUT2D eigenvalue weighted by molar-refractivity contribution is 5.28. The van der Waals surface area contributed by atoms with Gasteiger partial charge in [-0.3, -0.25) is 0 Å². The van der Waals surface area contributed by atoms with Gasteiger partial charge in [-0.15, -0.1) is 0 Å². The Bertz CT molecular complexity index is 351. The number of rotatable bonds is 5. The standard InChI is InChI=1S/C13H20N2O2/c1-3-14-10(2)12-5-4-7-15-13(12)17-11-6-8-16-9-11/h4-5,7,10-11,14H,3,6,8-9H2,1-2H3. The molecule has 2 heterocycles. The van der Waals surface area contributed by atoms with Crippen molar-refractivity contribution in [1.29, 1.82) is 0 Å². The molecule has 4 nitrogen and oxygen atoms in total. The quantitative estimate of drug-likeness (QED) is 0.848. The molecule has 17 heavy (non-hydrogen) atoms. The molecule has 1 N–H and O–H groups in total. The predicted molar refractivity (Wildman–Crippen MR) is 66.2 cm³/mol. The number of hydrogen-bond donors (Lipinski definition) is 1. The van der Waals surface area contributed by atoms with E-state index in [1.807, 2.05) is 6.07 Å². The van der Waals surface area contributed by atoms with Crippen LogP contribution in [0.4, 0.5) is 0 Å². The molecule has 2 atom stereocenters. The zero-order valence-electron chi connectivity index (χ0n) is 10.5. The third-order valence-electron chi connectivity index (χ3n) is 2.94. The fraction of sp³-hybridized carbons (Fsp3) is 0.615. The molecule has 1 fully saturated rings. The summed E-state index contributed by atoms with van der Waals surface area (Å²) in [5, 5.41) is 3.38. The van der Waals surface area contributed by atoms with Crippen LogP contribution in [-0.2, 0) is 4.74 Å². The maximum absolute atomic E-state index is 5.90. The normalized spacial score (nSPS) is 21.4. The van der Waals surface area contributed by atoms with Crippen molar-refractivity contribution in [3.05, 3.63) is 23.9 Å². The number of nitrogens with one attached hydrogen (secondary N) is 1. The molecular formula is C13H20N2O2. The van der Waals surface area contributed by atoms with Gasteiger partial charge in [0.25, 0.3) is 0 Å². The number of aromatic nitrogens is 1. The van der Waals surface area contributed by atoms with E-state index in [0.29, 0.717) is 6.61 Å². The van der Waals surface area contributed by atoms with Gasteiger partial charge >= 0.3 is 0 Å². The first-order chi connectivity index (χ1) is 8.31. The smallest absolute Gasteiger partial charge is 0.218 e. The number of nitrogens with zero attached hydrogens (tertiary/aromatic N) is 1. The van der Waals surface area contributed by atoms with E-state index in [0.717, 1.165) is 31.0 Å². The summed E-state index contributed by atoms with van der Waals surface area (Å²) in [5.74, 6) is 0.733. The Labute approximate surface area is 102 Å². The SMILES string of the molecule is CCNC(C)c1cccnc1OC1CCOC1. The minimum Gasteiger partial charge on any atom is -0.472 e. The highest BCUT2D eigenvalue weighted by Gasteiger charge is 2.20. The number of ether oxygens (including phenoxy) is 2. The Kier molecular flexibility index (Phi) is 4.34. The summed E-state index contributed by atoms with van der Waals surface area (Å²) in [6.45, 7) is 6.61. The molecule has 4 heteroatoms. The third-order valence-corrected chi connectivity index (χ3v) is 2.94. The van der Waals surface area contributed by atoms with Gasteiger partial charge in [-0.2, -0.15) is 0 Å². The van der Waals surface area contributed by atoms with E-state index in [2.05, 4.69) is 30.2 Å². The Morgan fingerprint density at radius 3 is 3.24 bits per heavy atom. The highest BCUT2D eigenvalue weighted by atomic mass is 16.5. The van der Waals surface area contributed by atoms with Crippen LogP contribution in [-0.4, -0.2) is 30.8 Å². The monoisotopic (exact) mass is 236 g/mol. The van der Waals surface area contributed by atoms with Crippen molar-refractivity contribution in [3.8, 4) is 5.88 Å². The Hall–Kier alpha value is -1.13. The molecule has 1 aliphatic rings. The van der Waals surface area contributed by atoms with Crippen LogP contribution in [0, 0.1) is 0 Å². The van der Waals surface area contributed by atoms with Gasteiger partial charge in [-0.25, -0.2) is 4.98 Å². The van der Waals surface area contributed by atoms with Gasteiger partial charge in [0.2, 0.25) is 5.88 Å². The average molecular weight is 236 g/mol. The molecular weight excluding hydrogens is 216 g/mol. The van der Waals surface area contributed by atoms with Crippen LogP contribution >= 0.6 is 0 Å². The van der Waals surface area contributed by atoms with Gasteiger partial charge in [0.1, 0.15) is 6.10 Å². The molecule has 0 spiro atoms. The molecule has 1 saturated heterocycles. The fourth-order valence-corrected chi connectivity index (χ4v) is 2.01. The molecule has 0 saturated carbocycles. The Morgan fingerprint density at radius 1 is 1.65 bits per heavy atom. The summed E-state index contributed by atoms with van der Waals surface area (Å²) in [6.07, 6.45) is 2.87. The van der Waals surface area contributed by atoms with Crippen molar-refractivity contribution in [1.82, 2.24) is 10.3 Å². The largest absolute Gasteiger partial charge is 0.472 e. The lowest BCUT2D eigenvalue weighted by atomic mass is 10.1. The van der Waals surface area contributed by atoms with Gasteiger partial charge in [-0.1, -0.05) is 13.0 Å². The van der Waals surface area contributed by atoms with E-state index < -0.39 is 0 Å². The van der Waals surface area contributed by atoms with Crippen LogP contribution in [0.25, 0.3) is 0 Å². The molecule has 1 aromatic heterocycles. The van der Waals surface area contributed by atoms with Gasteiger partial charge in [0.05, 0.1) is 13.2 Å². The molecule has 2 unspecified atom stereocenters. The third kappa shape index (κ3) is 3.17. The van der Waals surface area contributed by atoms with E-state index in [1.165, 1.54) is 0 Å². The minimum atomic E-state index is 0.150. The van der Waals surface area contributed by atoms with Crippen LogP contribution in [0.2, 0.25) is 0 Å². The van der Waals surface area contributed by atoms with Crippen LogP contribution in [0.3, 0.4) is 0 Å². The van der Waals surface area contributed by atoms with Crippen molar-refractivity contribution in [3.63, 3.8) is 0 Å². The van der Waals surface area contributed by atoms with Crippen molar-refractivity contribution in [2.24, 2.45) is 0 Å². The highest BCUT2D eigenvalue weighted by Crippen LogP contribution is 2.24. The second-order valence-corrected chi connectivity index (χ2v) is 4.28. The summed E-state index contributed by atoms with van der Waals surface area (Å²) < 4.78 is 11.2. The first kappa shape index (κ1) is 12.3. The maximum Gasteiger partial charge on any atom is 0.218 e. The molecule has 0 aliphatic carbocycles. The Morgan fingerprint density at radius 2 is 2.53 bits per heavy atom. The molecule has 0 amide bonds. The van der Waals surface area contributed by atoms with Gasteiger partial charge in [-0.05, 0) is 19.5 Å². The summed E-state index contributed by atoms with van der Waals surface area (Å²) >= 11 is 0. The van der Waals surface area contributed by atoms with E-state index in [1.54, 1.807) is 6.20 Å². The average Bonchev–Trinajstić information content (AvgIpc) is 2.83. The molecule has 0 aromatic carbocycles. The summed E-state index contributed by atoms with van der Waals surface area (Å²) in [5.41, 5.74) is 1.11. The number of hydrogen-bond acceptors (Lipinski definition) is 4. The van der Waals surface area contributed by atoms with Crippen molar-refractivity contribution >= 4 is 0 Å². The summed E-state index contributed by atoms with van der Waals surface area (Å²) in [4.78, 5) is 4.33. The first-order valence-electron chi connectivity index (χ1n) is 6.24. The van der Waals surface area contributed by atoms with E-state index in [4.69, 9.17) is 9.47 Å². The van der Waals surface area contributed by atoms with Gasteiger partial charge < -0.3 is 14.8 Å². The van der Waals surface area contributed by atoms with Crippen LogP contribution < -0.4 is 10.1 Å². The van der Waals surface area contributed by atoms with Crippen molar-refractivity contribution in [2.45, 2.75) is 32.4 Å². The molecule has 1 aliphatic heterocycles. The summed E-state index contributed by atoms with van der Waals surface area (Å²) in [6, 6.07) is 4.26. The lowest BCUT2D eigenvalue weighted by Crippen LogP contribution is -2.22. The van der Waals surface area contributed by atoms with Gasteiger partial charge in [0.15, 0.2) is 0 Å². The van der Waals surface area contributed by atoms with E-state index >= 15 is 0 Å². The molecule has 1 aromatic rings. The molecule has 0 radical (unpaired) electrons. The fourth-order valence-electron chi connectivity index (χ4n) is 2.01. The van der Waals surface area contributed by atoms with Crippen LogP contribution in [0.5, 0.6) is 5.88 Å². The lowest BCUT2D eigenvalue weighted by Gasteiger charge is -2.18. The maximum atomic E-state index is 5.90. The van der Waals surface area contributed by atoms with Gasteiger partial charge in [0, 0.05) is 24.2 Å². The topological polar surface area (TPSA) is 43.4 Å². The zero-order chi connectivity index (χ0) is 12.1. The molecule has 0 bridgehead atoms. The summed E-state index contributed by atoms with van der Waals surface area (Å²) in [7, 11) is 0. The number of pyridine rings is 1. The van der Waals surface area contributed by atoms with Crippen molar-refractivity contribution in [2.75, 3.05) is 19.8 Å². The Balaban J connectivity index is 2.09. The minimum absolute atomic E-state index is 0.150. The van der Waals surface area contributed by atoms with E-state index in [9.17, 15) is 0 Å². The molecule has 2 rings (SSSR count). The van der Waals surface area contributed by atoms with Crippen LogP contribution in [0.1, 0.15) is 31.9 Å². The van der Waals surface area contributed by atoms with Crippen LogP contribution in [0.15, 0.2) is 18.3 Å². The second-order valence-electron chi connectivity index (χ2n) is 4.28. The first-order valence-corrected chi connectivity index (χ1v) is 6.24. The van der Waals surface area contributed by atoms with Crippen molar-refractivity contribution < 1.29 is 9.47 Å². The molecule has 94 valence electrons. The van der Waals surface area contributed by atoms with E-state index in [-0.39, 0.29) is 12.1 Å². The zero-order valence-corrected chi connectivity index (χ0v) is 10.5.